The van der Waals surface area contributed by atoms with Gasteiger partial charge in [0.1, 0.15) is 17.6 Å². The van der Waals surface area contributed by atoms with Gasteiger partial charge in [0.25, 0.3) is 11.8 Å². The molecule has 3 rings (SSSR count). The number of benzene rings is 2. The first-order valence-electron chi connectivity index (χ1n) is 11.7. The van der Waals surface area contributed by atoms with E-state index in [9.17, 15) is 18.8 Å². The van der Waals surface area contributed by atoms with Crippen molar-refractivity contribution in [1.29, 1.82) is 0 Å². The molecule has 1 heterocycles. The predicted octanol–water partition coefficient (Wildman–Crippen LogP) is 3.35. The lowest BCUT2D eigenvalue weighted by atomic mass is 9.87. The summed E-state index contributed by atoms with van der Waals surface area (Å²) in [5, 5.41) is 2.79. The van der Waals surface area contributed by atoms with Gasteiger partial charge in [0, 0.05) is 31.7 Å². The number of carbonyl (C=O) groups excluding carboxylic acids is 3. The van der Waals surface area contributed by atoms with Gasteiger partial charge >= 0.3 is 0 Å². The van der Waals surface area contributed by atoms with Crippen LogP contribution in [0.25, 0.3) is 0 Å². The lowest BCUT2D eigenvalue weighted by Crippen LogP contribution is -2.54. The molecule has 2 aromatic rings. The van der Waals surface area contributed by atoms with Gasteiger partial charge in [-0.1, -0.05) is 18.2 Å². The van der Waals surface area contributed by atoms with Crippen LogP contribution in [-0.2, 0) is 4.79 Å². The van der Waals surface area contributed by atoms with Gasteiger partial charge in [-0.2, -0.15) is 0 Å². The standard InChI is InChI=1S/C26H32FN3O4/c1-4-29(5-2)26(33)23(28-24(31)21-11-6-7-12-22(21)27)18-13-15-30(16-14-18)25(32)19-9-8-10-20(17-19)34-3/h6-12,17-18,23H,4-5,13-16H2,1-3H3,(H,28,31). The van der Waals surface area contributed by atoms with Crippen LogP contribution in [0.15, 0.2) is 48.5 Å². The third-order valence-electron chi connectivity index (χ3n) is 6.36. The summed E-state index contributed by atoms with van der Waals surface area (Å²) in [5.41, 5.74) is 0.451. The highest BCUT2D eigenvalue weighted by molar-refractivity contribution is 5.98. The normalized spacial score (nSPS) is 14.9. The SMILES string of the molecule is CCN(CC)C(=O)C(NC(=O)c1ccccc1F)C1CCN(C(=O)c2cccc(OC)c2)CC1. The number of hydrogen-bond acceptors (Lipinski definition) is 4. The average Bonchev–Trinajstić information content (AvgIpc) is 2.87. The lowest BCUT2D eigenvalue weighted by molar-refractivity contribution is -0.134. The second-order valence-corrected chi connectivity index (χ2v) is 8.30. The fraction of sp³-hybridized carbons (Fsp3) is 0.423. The molecule has 0 aliphatic carbocycles. The third-order valence-corrected chi connectivity index (χ3v) is 6.36. The number of rotatable bonds is 8. The van der Waals surface area contributed by atoms with Gasteiger partial charge in [0.15, 0.2) is 0 Å². The van der Waals surface area contributed by atoms with Gasteiger partial charge in [-0.05, 0) is 62.9 Å². The highest BCUT2D eigenvalue weighted by Crippen LogP contribution is 2.25. The van der Waals surface area contributed by atoms with Crippen molar-refractivity contribution in [1.82, 2.24) is 15.1 Å². The highest BCUT2D eigenvalue weighted by Gasteiger charge is 2.36. The third kappa shape index (κ3) is 5.73. The zero-order valence-electron chi connectivity index (χ0n) is 19.9. The molecule has 0 saturated carbocycles. The Labute approximate surface area is 199 Å². The van der Waals surface area contributed by atoms with E-state index < -0.39 is 17.8 Å². The van der Waals surface area contributed by atoms with E-state index >= 15 is 0 Å². The van der Waals surface area contributed by atoms with Crippen LogP contribution in [0.3, 0.4) is 0 Å². The summed E-state index contributed by atoms with van der Waals surface area (Å²) in [5.74, 6) is -1.09. The van der Waals surface area contributed by atoms with E-state index in [1.54, 1.807) is 47.2 Å². The molecule has 1 fully saturated rings. The summed E-state index contributed by atoms with van der Waals surface area (Å²) < 4.78 is 19.4. The van der Waals surface area contributed by atoms with E-state index in [1.807, 2.05) is 13.8 Å². The van der Waals surface area contributed by atoms with E-state index in [-0.39, 0.29) is 23.3 Å². The van der Waals surface area contributed by atoms with Crippen LogP contribution in [0.4, 0.5) is 4.39 Å². The molecule has 0 aromatic heterocycles. The van der Waals surface area contributed by atoms with E-state index in [0.717, 1.165) is 0 Å². The molecule has 0 bridgehead atoms. The Morgan fingerprint density at radius 1 is 1.09 bits per heavy atom. The van der Waals surface area contributed by atoms with Crippen molar-refractivity contribution in [2.45, 2.75) is 32.7 Å². The largest absolute Gasteiger partial charge is 0.497 e. The Bertz CT molecular complexity index is 1020. The van der Waals surface area contributed by atoms with Crippen molar-refractivity contribution in [3.63, 3.8) is 0 Å². The minimum absolute atomic E-state index is 0.0921. The van der Waals surface area contributed by atoms with E-state index in [4.69, 9.17) is 4.74 Å². The van der Waals surface area contributed by atoms with Gasteiger partial charge in [-0.15, -0.1) is 0 Å². The minimum atomic E-state index is -0.791. The van der Waals surface area contributed by atoms with E-state index in [1.165, 1.54) is 18.2 Å². The molecule has 8 heteroatoms. The zero-order chi connectivity index (χ0) is 24.7. The van der Waals surface area contributed by atoms with Gasteiger partial charge in [-0.3, -0.25) is 14.4 Å². The van der Waals surface area contributed by atoms with Crippen molar-refractivity contribution in [3.05, 3.63) is 65.5 Å². The Hall–Kier alpha value is -3.42. The first-order valence-corrected chi connectivity index (χ1v) is 11.7. The molecule has 1 saturated heterocycles. The maximum atomic E-state index is 14.2. The van der Waals surface area contributed by atoms with Crippen LogP contribution in [0.2, 0.25) is 0 Å². The molecular weight excluding hydrogens is 437 g/mol. The topological polar surface area (TPSA) is 79.0 Å². The number of likely N-dealkylation sites (tertiary alicyclic amines) is 1. The van der Waals surface area contributed by atoms with Crippen molar-refractivity contribution < 1.29 is 23.5 Å². The summed E-state index contributed by atoms with van der Waals surface area (Å²) in [7, 11) is 1.55. The van der Waals surface area contributed by atoms with Gasteiger partial charge in [0.05, 0.1) is 12.7 Å². The van der Waals surface area contributed by atoms with Crippen LogP contribution in [0.5, 0.6) is 5.75 Å². The summed E-state index contributed by atoms with van der Waals surface area (Å²) in [4.78, 5) is 42.5. The molecule has 1 aliphatic heterocycles. The maximum absolute atomic E-state index is 14.2. The van der Waals surface area contributed by atoms with Crippen LogP contribution in [0.1, 0.15) is 47.4 Å². The monoisotopic (exact) mass is 469 g/mol. The molecule has 2 aromatic carbocycles. The number of piperidine rings is 1. The number of hydrogen-bond donors (Lipinski definition) is 1. The number of carbonyl (C=O) groups is 3. The van der Waals surface area contributed by atoms with E-state index in [0.29, 0.717) is 50.3 Å². The Kier molecular flexibility index (Phi) is 8.62. The van der Waals surface area contributed by atoms with Crippen LogP contribution < -0.4 is 10.1 Å². The summed E-state index contributed by atoms with van der Waals surface area (Å²) >= 11 is 0. The number of halogens is 1. The molecule has 3 amide bonds. The predicted molar refractivity (Wildman–Crippen MR) is 127 cm³/mol. The molecule has 1 N–H and O–H groups in total. The average molecular weight is 470 g/mol. The number of amides is 3. The van der Waals surface area contributed by atoms with Crippen molar-refractivity contribution in [2.75, 3.05) is 33.3 Å². The first-order chi connectivity index (χ1) is 16.4. The Morgan fingerprint density at radius 2 is 1.76 bits per heavy atom. The Morgan fingerprint density at radius 3 is 2.38 bits per heavy atom. The minimum Gasteiger partial charge on any atom is -0.497 e. The Balaban J connectivity index is 1.74. The van der Waals surface area contributed by atoms with Crippen molar-refractivity contribution >= 4 is 17.7 Å². The highest BCUT2D eigenvalue weighted by atomic mass is 19.1. The zero-order valence-corrected chi connectivity index (χ0v) is 19.9. The summed E-state index contributed by atoms with van der Waals surface area (Å²) in [6.07, 6.45) is 1.09. The van der Waals surface area contributed by atoms with Gasteiger partial charge in [-0.25, -0.2) is 4.39 Å². The smallest absolute Gasteiger partial charge is 0.254 e. The second-order valence-electron chi connectivity index (χ2n) is 8.30. The van der Waals surface area contributed by atoms with Crippen molar-refractivity contribution in [2.24, 2.45) is 5.92 Å². The first kappa shape index (κ1) is 25.2. The molecule has 7 nitrogen and oxygen atoms in total. The molecule has 1 aliphatic rings. The van der Waals surface area contributed by atoms with E-state index in [2.05, 4.69) is 5.32 Å². The van der Waals surface area contributed by atoms with Gasteiger partial charge in [0.2, 0.25) is 5.91 Å². The van der Waals surface area contributed by atoms with Crippen LogP contribution >= 0.6 is 0 Å². The van der Waals surface area contributed by atoms with Crippen LogP contribution in [0, 0.1) is 11.7 Å². The number of methoxy groups -OCH3 is 1. The molecule has 0 radical (unpaired) electrons. The number of nitrogens with one attached hydrogen (secondary N) is 1. The van der Waals surface area contributed by atoms with Crippen molar-refractivity contribution in [3.8, 4) is 5.75 Å². The lowest BCUT2D eigenvalue weighted by Gasteiger charge is -2.37. The molecule has 34 heavy (non-hydrogen) atoms. The summed E-state index contributed by atoms with van der Waals surface area (Å²) in [6.45, 7) is 5.69. The van der Waals surface area contributed by atoms with Crippen LogP contribution in [-0.4, -0.2) is 66.9 Å². The fourth-order valence-electron chi connectivity index (χ4n) is 4.35. The maximum Gasteiger partial charge on any atom is 0.254 e. The molecule has 1 atom stereocenters. The molecule has 1 unspecified atom stereocenters. The fourth-order valence-corrected chi connectivity index (χ4v) is 4.35. The number of likely N-dealkylation sites (N-methyl/N-ethyl adjacent to an activating group) is 1. The number of nitrogens with zero attached hydrogens (tertiary/aromatic N) is 2. The molecule has 0 spiro atoms. The second kappa shape index (κ2) is 11.6. The quantitative estimate of drug-likeness (QED) is 0.643. The summed E-state index contributed by atoms with van der Waals surface area (Å²) in [6, 6.07) is 11.9. The molecule has 182 valence electrons. The molecular formula is C26H32FN3O4. The number of ether oxygens (including phenoxy) is 1. The van der Waals surface area contributed by atoms with Gasteiger partial charge < -0.3 is 19.9 Å².